The van der Waals surface area contributed by atoms with Crippen LogP contribution in [0.25, 0.3) is 33.3 Å². The summed E-state index contributed by atoms with van der Waals surface area (Å²) in [6.45, 7) is 13.2. The van der Waals surface area contributed by atoms with Crippen LogP contribution in [0.15, 0.2) is 71.7 Å². The topological polar surface area (TPSA) is 200 Å². The molecule has 0 spiro atoms. The van der Waals surface area contributed by atoms with Gasteiger partial charge in [0.2, 0.25) is 15.9 Å². The van der Waals surface area contributed by atoms with Gasteiger partial charge < -0.3 is 29.8 Å². The quantitative estimate of drug-likeness (QED) is 0.130. The smallest absolute Gasteiger partial charge is 0.405 e. The summed E-state index contributed by atoms with van der Waals surface area (Å²) in [5, 5.41) is 3.26. The molecular formula is C42H48ClN5O9S. The maximum Gasteiger partial charge on any atom is 0.405 e. The van der Waals surface area contributed by atoms with Gasteiger partial charge in [0.25, 0.3) is 11.8 Å². The van der Waals surface area contributed by atoms with Crippen molar-refractivity contribution in [3.63, 3.8) is 0 Å². The van der Waals surface area contributed by atoms with Crippen LogP contribution in [0.5, 0.6) is 5.75 Å². The van der Waals surface area contributed by atoms with Crippen LogP contribution in [0, 0.1) is 16.7 Å². The van der Waals surface area contributed by atoms with Crippen molar-refractivity contribution in [3.05, 3.63) is 72.3 Å². The number of carbonyl (C=O) groups is 4. The predicted octanol–water partition coefficient (Wildman–Crippen LogP) is 6.25. The third-order valence-electron chi connectivity index (χ3n) is 11.0. The molecule has 2 aliphatic carbocycles. The molecule has 58 heavy (non-hydrogen) atoms. The summed E-state index contributed by atoms with van der Waals surface area (Å²) in [5.41, 5.74) is 5.37. The molecule has 1 aliphatic heterocycles. The maximum atomic E-state index is 14.8. The number of rotatable bonds is 13. The third-order valence-corrected chi connectivity index (χ3v) is 13.0. The summed E-state index contributed by atoms with van der Waals surface area (Å²) < 4.78 is 46.3. The van der Waals surface area contributed by atoms with Crippen LogP contribution in [0.3, 0.4) is 0 Å². The van der Waals surface area contributed by atoms with Crippen LogP contribution < -0.4 is 20.5 Å². The van der Waals surface area contributed by atoms with Gasteiger partial charge >= 0.3 is 6.09 Å². The van der Waals surface area contributed by atoms with Gasteiger partial charge in [0.05, 0.1) is 17.5 Å². The zero-order valence-corrected chi connectivity index (χ0v) is 34.6. The molecule has 7 rings (SSSR count). The van der Waals surface area contributed by atoms with Crippen molar-refractivity contribution in [2.24, 2.45) is 22.5 Å². The summed E-state index contributed by atoms with van der Waals surface area (Å²) in [5.74, 6) is -2.56. The predicted molar refractivity (Wildman–Crippen MR) is 218 cm³/mol. The van der Waals surface area contributed by atoms with Gasteiger partial charge in [-0.1, -0.05) is 82.6 Å². The number of halogens is 1. The number of furan rings is 1. The van der Waals surface area contributed by atoms with Crippen molar-refractivity contribution in [1.29, 1.82) is 0 Å². The van der Waals surface area contributed by atoms with Gasteiger partial charge in [-0.05, 0) is 49.3 Å². The molecule has 2 aromatic carbocycles. The Labute approximate surface area is 341 Å². The Kier molecular flexibility index (Phi) is 10.5. The van der Waals surface area contributed by atoms with Crippen molar-refractivity contribution >= 4 is 67.5 Å². The first kappa shape index (κ1) is 41.0. The first-order chi connectivity index (χ1) is 27.2. The minimum Gasteiger partial charge on any atom is -0.484 e. The Morgan fingerprint density at radius 2 is 1.81 bits per heavy atom. The van der Waals surface area contributed by atoms with E-state index in [1.165, 1.54) is 11.0 Å². The number of sulfonamides is 1. The first-order valence-corrected chi connectivity index (χ1v) is 21.2. The van der Waals surface area contributed by atoms with E-state index in [1.807, 2.05) is 51.1 Å². The van der Waals surface area contributed by atoms with E-state index >= 15 is 0 Å². The highest BCUT2D eigenvalue weighted by Crippen LogP contribution is 2.46. The second-order valence-electron chi connectivity index (χ2n) is 17.5. The fourth-order valence-corrected chi connectivity index (χ4v) is 9.90. The zero-order chi connectivity index (χ0) is 41.9. The Morgan fingerprint density at radius 3 is 2.43 bits per heavy atom. The fourth-order valence-electron chi connectivity index (χ4n) is 8.37. The number of hydrogen-bond acceptors (Lipinski definition) is 10. The standard InChI is InChI=1S/C42H48ClN5O9S/c1-7-24-20-42(24,38(51)47-58(53,54)27-14-15-27)46-36(49)30-18-26(21-48(30)37(50)35(57-39(44)52)41(5,6)22-40(2,3)4)55-32-19-29(23-11-9-8-10-12-23)45-33-28-17-25(43)13-16-31(28)56-34(32)33/h7-13,16-17,19,24,26-27,30,35H,1,14-15,18,20-22H2,2-6H3,(H2,44,52)(H,46,49)(H,47,51)/t24-,26-,30+,35-,42-/m1/s1. The highest BCUT2D eigenvalue weighted by atomic mass is 35.5. The van der Waals surface area contributed by atoms with Crippen LogP contribution in [0.2, 0.25) is 5.02 Å². The molecule has 3 heterocycles. The molecule has 2 aromatic heterocycles. The molecule has 308 valence electrons. The Bertz CT molecular complexity index is 2430. The number of hydrogen-bond donors (Lipinski definition) is 3. The Morgan fingerprint density at radius 1 is 1.10 bits per heavy atom. The summed E-state index contributed by atoms with van der Waals surface area (Å²) in [4.78, 5) is 61.4. The van der Waals surface area contributed by atoms with Crippen LogP contribution in [-0.2, 0) is 29.1 Å². The second kappa shape index (κ2) is 14.9. The van der Waals surface area contributed by atoms with Gasteiger partial charge in [-0.2, -0.15) is 0 Å². The van der Waals surface area contributed by atoms with Gasteiger partial charge in [-0.15, -0.1) is 6.58 Å². The lowest BCUT2D eigenvalue weighted by molar-refractivity contribution is -0.152. The minimum absolute atomic E-state index is 0.0616. The van der Waals surface area contributed by atoms with Gasteiger partial charge in [0, 0.05) is 39.8 Å². The summed E-state index contributed by atoms with van der Waals surface area (Å²) in [6.07, 6.45) is -0.566. The van der Waals surface area contributed by atoms with Crippen molar-refractivity contribution in [2.45, 2.75) is 95.8 Å². The molecule has 4 amide bonds. The molecule has 3 fully saturated rings. The molecule has 4 aromatic rings. The Balaban J connectivity index is 1.26. The van der Waals surface area contributed by atoms with Gasteiger partial charge in [-0.25, -0.2) is 18.2 Å². The molecule has 3 aliphatic rings. The SMILES string of the molecule is C=C[C@@H]1C[C@]1(NC(=O)[C@@H]1C[C@@H](Oc2cc(-c3ccccc3)nc3c2oc2ccc(Cl)cc23)CN1C(=O)[C@@H](OC(N)=O)C(C)(C)CC(C)(C)C)C(=O)NS(=O)(=O)C1CC1. The van der Waals surface area contributed by atoms with Crippen molar-refractivity contribution < 1.29 is 41.5 Å². The molecule has 0 radical (unpaired) electrons. The number of carbonyl (C=O) groups excluding carboxylic acids is 4. The average molecular weight is 834 g/mol. The Hall–Kier alpha value is -5.15. The molecule has 14 nitrogen and oxygen atoms in total. The van der Waals surface area contributed by atoms with Gasteiger partial charge in [0.15, 0.2) is 17.4 Å². The van der Waals surface area contributed by atoms with Crippen molar-refractivity contribution in [3.8, 4) is 17.0 Å². The molecule has 1 saturated heterocycles. The summed E-state index contributed by atoms with van der Waals surface area (Å²) in [6, 6.07) is 15.1. The normalized spacial score (nSPS) is 22.7. The highest BCUT2D eigenvalue weighted by molar-refractivity contribution is 7.91. The number of nitrogens with zero attached hydrogens (tertiary/aromatic N) is 2. The van der Waals surface area contributed by atoms with E-state index in [4.69, 9.17) is 36.2 Å². The molecular weight excluding hydrogens is 786 g/mol. The van der Waals surface area contributed by atoms with E-state index < -0.39 is 74.2 Å². The number of aromatic nitrogens is 1. The number of likely N-dealkylation sites (tertiary alicyclic amines) is 1. The van der Waals surface area contributed by atoms with E-state index in [9.17, 15) is 27.6 Å². The molecule has 16 heteroatoms. The van der Waals surface area contributed by atoms with Crippen molar-refractivity contribution in [1.82, 2.24) is 19.9 Å². The fraction of sp³-hybridized carbons (Fsp3) is 0.452. The van der Waals surface area contributed by atoms with Gasteiger partial charge in [-0.3, -0.25) is 19.1 Å². The summed E-state index contributed by atoms with van der Waals surface area (Å²) in [7, 11) is -3.94. The van der Waals surface area contributed by atoms with Crippen LogP contribution in [0.1, 0.15) is 66.7 Å². The van der Waals surface area contributed by atoms with Gasteiger partial charge in [0.1, 0.15) is 28.8 Å². The number of benzene rings is 2. The lowest BCUT2D eigenvalue weighted by Gasteiger charge is -2.39. The lowest BCUT2D eigenvalue weighted by atomic mass is 9.72. The number of nitrogens with two attached hydrogens (primary N) is 1. The third kappa shape index (κ3) is 8.24. The number of ether oxygens (including phenoxy) is 2. The van der Waals surface area contributed by atoms with Crippen LogP contribution in [0.4, 0.5) is 4.79 Å². The minimum atomic E-state index is -3.94. The van der Waals surface area contributed by atoms with Crippen LogP contribution in [-0.4, -0.2) is 77.7 Å². The first-order valence-electron chi connectivity index (χ1n) is 19.2. The zero-order valence-electron chi connectivity index (χ0n) is 33.0. The monoisotopic (exact) mass is 833 g/mol. The van der Waals surface area contributed by atoms with E-state index in [2.05, 4.69) is 16.6 Å². The number of pyridine rings is 1. The highest BCUT2D eigenvalue weighted by Gasteiger charge is 2.62. The number of nitrogens with one attached hydrogen (secondary N) is 2. The lowest BCUT2D eigenvalue weighted by Crippen LogP contribution is -2.58. The molecule has 0 bridgehead atoms. The number of primary amides is 1. The van der Waals surface area contributed by atoms with Crippen LogP contribution >= 0.6 is 11.6 Å². The molecule has 0 unspecified atom stereocenters. The van der Waals surface area contributed by atoms with E-state index in [-0.39, 0.29) is 24.8 Å². The largest absolute Gasteiger partial charge is 0.484 e. The number of fused-ring (bicyclic) bond motifs is 3. The maximum absolute atomic E-state index is 14.8. The van der Waals surface area contributed by atoms with Crippen molar-refractivity contribution in [2.75, 3.05) is 6.54 Å². The van der Waals surface area contributed by atoms with E-state index in [1.54, 1.807) is 38.1 Å². The average Bonchev–Trinajstić information content (AvgIpc) is 4.05. The molecule has 4 N–H and O–H groups in total. The molecule has 5 atom stereocenters. The molecule has 2 saturated carbocycles. The summed E-state index contributed by atoms with van der Waals surface area (Å²) >= 11 is 6.39. The van der Waals surface area contributed by atoms with E-state index in [0.29, 0.717) is 57.8 Å². The number of amides is 4. The second-order valence-corrected chi connectivity index (χ2v) is 19.9. The van der Waals surface area contributed by atoms with E-state index in [0.717, 1.165) is 5.56 Å².